The lowest BCUT2D eigenvalue weighted by atomic mass is 9.73. The molecule has 1 saturated carbocycles. The Morgan fingerprint density at radius 2 is 2.11 bits per heavy atom. The van der Waals surface area contributed by atoms with Gasteiger partial charge in [-0.1, -0.05) is 6.92 Å². The normalized spacial score (nSPS) is 36.2. The third kappa shape index (κ3) is 2.11. The second-order valence-corrected chi connectivity index (χ2v) is 5.36. The number of carbonyl (C=O) groups is 2. The third-order valence-corrected chi connectivity index (χ3v) is 4.05. The molecule has 102 valence electrons. The molecule has 5 nitrogen and oxygen atoms in total. The van der Waals surface area contributed by atoms with Crippen molar-refractivity contribution in [2.45, 2.75) is 45.1 Å². The van der Waals surface area contributed by atoms with Crippen molar-refractivity contribution >= 4 is 11.9 Å². The van der Waals surface area contributed by atoms with Crippen LogP contribution in [0.2, 0.25) is 0 Å². The van der Waals surface area contributed by atoms with Gasteiger partial charge in [0.15, 0.2) is 5.92 Å². The van der Waals surface area contributed by atoms with Gasteiger partial charge in [0.2, 0.25) is 0 Å². The van der Waals surface area contributed by atoms with E-state index in [0.29, 0.717) is 12.5 Å². The van der Waals surface area contributed by atoms with Gasteiger partial charge in [-0.3, -0.25) is 14.4 Å². The quantitative estimate of drug-likeness (QED) is 0.554. The van der Waals surface area contributed by atoms with Crippen LogP contribution in [-0.2, 0) is 19.2 Å². The van der Waals surface area contributed by atoms with E-state index in [1.807, 2.05) is 0 Å². The summed E-state index contributed by atoms with van der Waals surface area (Å²) in [5.41, 5.74) is -0.662. The van der Waals surface area contributed by atoms with Gasteiger partial charge in [0, 0.05) is 7.05 Å². The van der Waals surface area contributed by atoms with Crippen LogP contribution in [0.15, 0.2) is 0 Å². The van der Waals surface area contributed by atoms with Crippen LogP contribution in [0, 0.1) is 11.8 Å². The Morgan fingerprint density at radius 1 is 1.50 bits per heavy atom. The summed E-state index contributed by atoms with van der Waals surface area (Å²) in [7, 11) is 1.57. The van der Waals surface area contributed by atoms with Gasteiger partial charge in [0.05, 0.1) is 6.61 Å². The van der Waals surface area contributed by atoms with E-state index < -0.39 is 17.5 Å². The Labute approximate surface area is 107 Å². The summed E-state index contributed by atoms with van der Waals surface area (Å²) >= 11 is 0. The first-order valence-electron chi connectivity index (χ1n) is 6.63. The fourth-order valence-electron chi connectivity index (χ4n) is 2.95. The molecule has 1 aliphatic carbocycles. The molecule has 1 saturated heterocycles. The van der Waals surface area contributed by atoms with Gasteiger partial charge < -0.3 is 4.74 Å². The van der Waals surface area contributed by atoms with Crippen molar-refractivity contribution in [1.82, 2.24) is 5.06 Å². The molecule has 5 heteroatoms. The molecule has 0 aromatic heterocycles. The van der Waals surface area contributed by atoms with E-state index in [9.17, 15) is 9.59 Å². The maximum atomic E-state index is 12.1. The summed E-state index contributed by atoms with van der Waals surface area (Å²) in [6.45, 7) is 4.23. The number of amides is 1. The first kappa shape index (κ1) is 13.3. The van der Waals surface area contributed by atoms with Crippen molar-refractivity contribution in [3.63, 3.8) is 0 Å². The van der Waals surface area contributed by atoms with Gasteiger partial charge in [0.25, 0.3) is 5.91 Å². The molecule has 0 aromatic rings. The topological polar surface area (TPSA) is 55.8 Å². The molecule has 1 aliphatic heterocycles. The van der Waals surface area contributed by atoms with Gasteiger partial charge >= 0.3 is 5.97 Å². The van der Waals surface area contributed by atoms with Gasteiger partial charge in [-0.05, 0) is 38.5 Å². The van der Waals surface area contributed by atoms with E-state index in [2.05, 4.69) is 6.92 Å². The summed E-state index contributed by atoms with van der Waals surface area (Å²) < 4.78 is 5.03. The summed E-state index contributed by atoms with van der Waals surface area (Å²) in [4.78, 5) is 29.8. The molecule has 1 atom stereocenters. The van der Waals surface area contributed by atoms with Crippen molar-refractivity contribution in [3.05, 3.63) is 0 Å². The number of carbonyl (C=O) groups excluding carboxylic acids is 2. The van der Waals surface area contributed by atoms with Crippen molar-refractivity contribution in [1.29, 1.82) is 0 Å². The fourth-order valence-corrected chi connectivity index (χ4v) is 2.95. The SMILES string of the molecule is CCOC(=O)[C@@H]1C(=O)N(C)OC12CCC(C)CC2. The number of nitrogens with zero attached hydrogens (tertiary/aromatic N) is 1. The molecule has 2 rings (SSSR count). The van der Waals surface area contributed by atoms with Crippen LogP contribution in [0.1, 0.15) is 39.5 Å². The molecule has 1 spiro atoms. The smallest absolute Gasteiger partial charge is 0.321 e. The van der Waals surface area contributed by atoms with Crippen molar-refractivity contribution in [2.24, 2.45) is 11.8 Å². The molecule has 18 heavy (non-hydrogen) atoms. The monoisotopic (exact) mass is 255 g/mol. The maximum Gasteiger partial charge on any atom is 0.321 e. The van der Waals surface area contributed by atoms with E-state index in [0.717, 1.165) is 25.7 Å². The zero-order valence-electron chi connectivity index (χ0n) is 11.3. The van der Waals surface area contributed by atoms with Crippen LogP contribution in [0.5, 0.6) is 0 Å². The number of rotatable bonds is 2. The Hall–Kier alpha value is -1.10. The zero-order valence-corrected chi connectivity index (χ0v) is 11.3. The first-order chi connectivity index (χ1) is 8.50. The van der Waals surface area contributed by atoms with Crippen LogP contribution in [0.4, 0.5) is 0 Å². The van der Waals surface area contributed by atoms with Crippen LogP contribution >= 0.6 is 0 Å². The van der Waals surface area contributed by atoms with E-state index in [1.54, 1.807) is 14.0 Å². The van der Waals surface area contributed by atoms with Crippen LogP contribution in [0.3, 0.4) is 0 Å². The third-order valence-electron chi connectivity index (χ3n) is 4.05. The molecule has 0 aromatic carbocycles. The summed E-state index contributed by atoms with van der Waals surface area (Å²) in [5, 5.41) is 1.21. The minimum Gasteiger partial charge on any atom is -0.465 e. The van der Waals surface area contributed by atoms with E-state index in [-0.39, 0.29) is 5.91 Å². The predicted octanol–water partition coefficient (Wildman–Crippen LogP) is 1.52. The number of hydrogen-bond donors (Lipinski definition) is 0. The van der Waals surface area contributed by atoms with E-state index in [1.165, 1.54) is 5.06 Å². The van der Waals surface area contributed by atoms with Crippen LogP contribution in [-0.4, -0.2) is 36.2 Å². The highest BCUT2D eigenvalue weighted by atomic mass is 16.7. The van der Waals surface area contributed by atoms with Crippen molar-refractivity contribution in [3.8, 4) is 0 Å². The highest BCUT2D eigenvalue weighted by Crippen LogP contribution is 2.45. The zero-order chi connectivity index (χ0) is 13.3. The van der Waals surface area contributed by atoms with E-state index >= 15 is 0 Å². The highest BCUT2D eigenvalue weighted by molar-refractivity contribution is 6.00. The second kappa shape index (κ2) is 4.88. The largest absolute Gasteiger partial charge is 0.465 e. The van der Waals surface area contributed by atoms with Crippen LogP contribution in [0.25, 0.3) is 0 Å². The molecule has 0 N–H and O–H groups in total. The first-order valence-corrected chi connectivity index (χ1v) is 6.63. The standard InChI is InChI=1S/C13H21NO4/c1-4-17-12(16)10-11(15)14(3)18-13(10)7-5-9(2)6-8-13/h9-10H,4-8H2,1-3H3/t9?,10-,13?/m0/s1. The number of hydrogen-bond acceptors (Lipinski definition) is 4. The molecular weight excluding hydrogens is 234 g/mol. The lowest BCUT2D eigenvalue weighted by Gasteiger charge is -2.36. The summed E-state index contributed by atoms with van der Waals surface area (Å²) in [6, 6.07) is 0. The van der Waals surface area contributed by atoms with Gasteiger partial charge in [-0.2, -0.15) is 0 Å². The molecule has 0 radical (unpaired) electrons. The Kier molecular flexibility index (Phi) is 3.61. The highest BCUT2D eigenvalue weighted by Gasteiger charge is 2.58. The summed E-state index contributed by atoms with van der Waals surface area (Å²) in [5.74, 6) is -0.873. The molecular formula is C13H21NO4. The fraction of sp³-hybridized carbons (Fsp3) is 0.846. The lowest BCUT2D eigenvalue weighted by Crippen LogP contribution is -2.45. The minimum absolute atomic E-state index is 0.275. The van der Waals surface area contributed by atoms with Gasteiger partial charge in [-0.25, -0.2) is 5.06 Å². The Bertz CT molecular complexity index is 347. The van der Waals surface area contributed by atoms with Crippen molar-refractivity contribution < 1.29 is 19.2 Å². The Balaban J connectivity index is 2.22. The molecule has 0 bridgehead atoms. The lowest BCUT2D eigenvalue weighted by molar-refractivity contribution is -0.204. The summed E-state index contributed by atoms with van der Waals surface area (Å²) in [6.07, 6.45) is 3.45. The van der Waals surface area contributed by atoms with Crippen molar-refractivity contribution in [2.75, 3.05) is 13.7 Å². The number of esters is 1. The molecule has 2 aliphatic rings. The molecule has 0 unspecified atom stereocenters. The number of ether oxygens (including phenoxy) is 1. The van der Waals surface area contributed by atoms with Gasteiger partial charge in [-0.15, -0.1) is 0 Å². The molecule has 2 fully saturated rings. The average Bonchev–Trinajstić information content (AvgIpc) is 2.56. The molecule has 1 amide bonds. The molecule has 1 heterocycles. The minimum atomic E-state index is -0.782. The average molecular weight is 255 g/mol. The Morgan fingerprint density at radius 3 is 2.67 bits per heavy atom. The second-order valence-electron chi connectivity index (χ2n) is 5.36. The maximum absolute atomic E-state index is 12.1. The van der Waals surface area contributed by atoms with Crippen LogP contribution < -0.4 is 0 Å². The van der Waals surface area contributed by atoms with E-state index in [4.69, 9.17) is 9.57 Å². The number of hydroxylamine groups is 2. The predicted molar refractivity (Wildman–Crippen MR) is 64.3 cm³/mol. The van der Waals surface area contributed by atoms with Gasteiger partial charge in [0.1, 0.15) is 5.60 Å².